The lowest BCUT2D eigenvalue weighted by Crippen LogP contribution is -2.58. The second kappa shape index (κ2) is 7.28. The van der Waals surface area contributed by atoms with Gasteiger partial charge in [0.05, 0.1) is 11.7 Å². The number of hydrogen-bond donors (Lipinski definition) is 2. The summed E-state index contributed by atoms with van der Waals surface area (Å²) in [6, 6.07) is 10.1. The summed E-state index contributed by atoms with van der Waals surface area (Å²) in [7, 11) is 4.11. The minimum absolute atomic E-state index is 0.0496. The minimum Gasteiger partial charge on any atom is -0.383 e. The monoisotopic (exact) mass is 342 g/mol. The van der Waals surface area contributed by atoms with Crippen molar-refractivity contribution in [1.29, 1.82) is 0 Å². The number of piperidine rings is 1. The molecule has 5 heteroatoms. The van der Waals surface area contributed by atoms with Crippen LogP contribution in [0.25, 0.3) is 0 Å². The number of likely N-dealkylation sites (tertiary alicyclic amines) is 1. The van der Waals surface area contributed by atoms with Crippen LogP contribution in [0.5, 0.6) is 0 Å². The Hall–Kier alpha value is -1.69. The van der Waals surface area contributed by atoms with Crippen molar-refractivity contribution >= 4 is 0 Å². The van der Waals surface area contributed by atoms with Crippen molar-refractivity contribution < 1.29 is 5.11 Å². The molecule has 0 unspecified atom stereocenters. The fourth-order valence-corrected chi connectivity index (χ4v) is 3.88. The van der Waals surface area contributed by atoms with Gasteiger partial charge < -0.3 is 15.0 Å². The smallest absolute Gasteiger partial charge is 0.107 e. The van der Waals surface area contributed by atoms with Crippen molar-refractivity contribution in [2.75, 3.05) is 27.2 Å². The molecule has 0 bridgehead atoms. The molecule has 1 fully saturated rings. The van der Waals surface area contributed by atoms with Crippen LogP contribution in [-0.2, 0) is 18.6 Å². The summed E-state index contributed by atoms with van der Waals surface area (Å²) in [6.07, 6.45) is 1.65. The lowest BCUT2D eigenvalue weighted by Gasteiger charge is -2.47. The van der Waals surface area contributed by atoms with Crippen LogP contribution in [0.1, 0.15) is 36.1 Å². The molecule has 2 heterocycles. The van der Waals surface area contributed by atoms with E-state index in [9.17, 15) is 5.11 Å². The van der Waals surface area contributed by atoms with Crippen LogP contribution < -0.4 is 0 Å². The Morgan fingerprint density at radius 1 is 1.32 bits per heavy atom. The Kier molecular flexibility index (Phi) is 5.27. The second-order valence-electron chi connectivity index (χ2n) is 7.36. The number of likely N-dealkylation sites (N-methyl/N-ethyl adjacent to an activating group) is 1. The molecule has 1 aromatic carbocycles. The Morgan fingerprint density at radius 2 is 2.04 bits per heavy atom. The lowest BCUT2D eigenvalue weighted by atomic mass is 9.80. The van der Waals surface area contributed by atoms with Crippen LogP contribution in [0, 0.1) is 6.92 Å². The van der Waals surface area contributed by atoms with E-state index in [1.54, 1.807) is 0 Å². The summed E-state index contributed by atoms with van der Waals surface area (Å²) in [5.74, 6) is 1.05. The highest BCUT2D eigenvalue weighted by molar-refractivity contribution is 5.26. The number of H-pyrrole nitrogens is 1. The third kappa shape index (κ3) is 3.64. The van der Waals surface area contributed by atoms with Gasteiger partial charge in [-0.05, 0) is 33.0 Å². The number of rotatable bonds is 5. The van der Waals surface area contributed by atoms with E-state index >= 15 is 0 Å². The molecule has 0 amide bonds. The Bertz CT molecular complexity index is 697. The maximum Gasteiger partial charge on any atom is 0.107 e. The predicted octanol–water partition coefficient (Wildman–Crippen LogP) is 2.30. The highest BCUT2D eigenvalue weighted by Gasteiger charge is 2.44. The number of benzene rings is 1. The molecular formula is C20H30N4O. The first kappa shape index (κ1) is 18.1. The van der Waals surface area contributed by atoms with Crippen molar-refractivity contribution in [3.63, 3.8) is 0 Å². The second-order valence-corrected chi connectivity index (χ2v) is 7.36. The minimum atomic E-state index is -0.809. The largest absolute Gasteiger partial charge is 0.383 e. The number of aromatic nitrogens is 2. The van der Waals surface area contributed by atoms with Crippen molar-refractivity contribution in [3.05, 3.63) is 53.1 Å². The topological polar surface area (TPSA) is 55.4 Å². The molecule has 136 valence electrons. The summed E-state index contributed by atoms with van der Waals surface area (Å²) in [5.41, 5.74) is 2.48. The average Bonchev–Trinajstić information content (AvgIpc) is 2.97. The van der Waals surface area contributed by atoms with Crippen LogP contribution in [0.4, 0.5) is 0 Å². The maximum atomic E-state index is 11.5. The average molecular weight is 342 g/mol. The molecule has 2 N–H and O–H groups in total. The molecule has 2 atom stereocenters. The summed E-state index contributed by atoms with van der Waals surface area (Å²) in [4.78, 5) is 12.6. The molecule has 3 rings (SSSR count). The number of aliphatic hydroxyl groups is 1. The van der Waals surface area contributed by atoms with Crippen LogP contribution in [0.2, 0.25) is 0 Å². The number of imidazole rings is 1. The quantitative estimate of drug-likeness (QED) is 0.875. The van der Waals surface area contributed by atoms with Gasteiger partial charge in [-0.2, -0.15) is 0 Å². The number of aromatic amines is 1. The normalized spacial score (nSPS) is 24.8. The first-order valence-corrected chi connectivity index (χ1v) is 9.15. The van der Waals surface area contributed by atoms with Crippen molar-refractivity contribution in [2.45, 2.75) is 44.9 Å². The zero-order chi connectivity index (χ0) is 18.0. The standard InChI is InChI=1S/C20H30N4O/c1-5-19-21-15(2)17(22-19)13-24-12-11-20(25,18(14-24)23(3)4)16-9-7-6-8-10-16/h6-10,18,25H,5,11-14H2,1-4H3,(H,21,22)/t18-,20+/m1/s1. The van der Waals surface area contributed by atoms with Gasteiger partial charge in [0.15, 0.2) is 0 Å². The number of hydrogen-bond acceptors (Lipinski definition) is 4. The molecule has 0 spiro atoms. The van der Waals surface area contributed by atoms with Gasteiger partial charge in [-0.15, -0.1) is 0 Å². The van der Waals surface area contributed by atoms with E-state index in [4.69, 9.17) is 4.98 Å². The molecular weight excluding hydrogens is 312 g/mol. The molecule has 2 aromatic rings. The van der Waals surface area contributed by atoms with Gasteiger partial charge in [0.1, 0.15) is 11.4 Å². The number of nitrogens with one attached hydrogen (secondary N) is 1. The molecule has 5 nitrogen and oxygen atoms in total. The summed E-state index contributed by atoms with van der Waals surface area (Å²) < 4.78 is 0. The molecule has 25 heavy (non-hydrogen) atoms. The van der Waals surface area contributed by atoms with Crippen molar-refractivity contribution in [1.82, 2.24) is 19.8 Å². The third-order valence-corrected chi connectivity index (χ3v) is 5.43. The molecule has 1 aliphatic rings. The number of nitrogens with zero attached hydrogens (tertiary/aromatic N) is 3. The molecule has 0 radical (unpaired) electrons. The maximum absolute atomic E-state index is 11.5. The van der Waals surface area contributed by atoms with Gasteiger partial charge in [-0.25, -0.2) is 4.98 Å². The Morgan fingerprint density at radius 3 is 2.64 bits per heavy atom. The molecule has 1 aromatic heterocycles. The van der Waals surface area contributed by atoms with E-state index in [1.807, 2.05) is 30.3 Å². The highest BCUT2D eigenvalue weighted by Crippen LogP contribution is 2.35. The van der Waals surface area contributed by atoms with Gasteiger partial charge in [0.25, 0.3) is 0 Å². The zero-order valence-electron chi connectivity index (χ0n) is 15.8. The van der Waals surface area contributed by atoms with E-state index in [0.717, 1.165) is 55.3 Å². The van der Waals surface area contributed by atoms with E-state index in [-0.39, 0.29) is 6.04 Å². The first-order chi connectivity index (χ1) is 11.9. The predicted molar refractivity (Wildman–Crippen MR) is 100 cm³/mol. The lowest BCUT2D eigenvalue weighted by molar-refractivity contribution is -0.0894. The molecule has 1 aliphatic heterocycles. The van der Waals surface area contributed by atoms with Crippen LogP contribution in [0.3, 0.4) is 0 Å². The van der Waals surface area contributed by atoms with Crippen molar-refractivity contribution in [2.24, 2.45) is 0 Å². The van der Waals surface area contributed by atoms with Crippen molar-refractivity contribution in [3.8, 4) is 0 Å². The first-order valence-electron chi connectivity index (χ1n) is 9.15. The van der Waals surface area contributed by atoms with Gasteiger partial charge in [0, 0.05) is 31.7 Å². The van der Waals surface area contributed by atoms with Crippen LogP contribution in [-0.4, -0.2) is 58.1 Å². The van der Waals surface area contributed by atoms with Crippen LogP contribution >= 0.6 is 0 Å². The van der Waals surface area contributed by atoms with Gasteiger partial charge in [-0.1, -0.05) is 37.3 Å². The van der Waals surface area contributed by atoms with E-state index < -0.39 is 5.60 Å². The summed E-state index contributed by atoms with van der Waals surface area (Å²) in [5, 5.41) is 11.5. The molecule has 0 aliphatic carbocycles. The SMILES string of the molecule is CCc1nc(CN2CC[C@](O)(c3ccccc3)[C@H](N(C)C)C2)c(C)[nH]1. The van der Waals surface area contributed by atoms with Gasteiger partial charge in [-0.3, -0.25) is 4.90 Å². The third-order valence-electron chi connectivity index (χ3n) is 5.43. The highest BCUT2D eigenvalue weighted by atomic mass is 16.3. The Labute approximate surface area is 150 Å². The van der Waals surface area contributed by atoms with Gasteiger partial charge in [0.2, 0.25) is 0 Å². The number of aryl methyl sites for hydroxylation is 2. The Balaban J connectivity index is 1.78. The van der Waals surface area contributed by atoms with Gasteiger partial charge >= 0.3 is 0 Å². The summed E-state index contributed by atoms with van der Waals surface area (Å²) >= 11 is 0. The summed E-state index contributed by atoms with van der Waals surface area (Å²) in [6.45, 7) is 6.73. The zero-order valence-corrected chi connectivity index (χ0v) is 15.8. The molecule has 1 saturated heterocycles. The van der Waals surface area contributed by atoms with E-state index in [2.05, 4.69) is 42.7 Å². The van der Waals surface area contributed by atoms with E-state index in [0.29, 0.717) is 0 Å². The molecule has 0 saturated carbocycles. The fourth-order valence-electron chi connectivity index (χ4n) is 3.88. The van der Waals surface area contributed by atoms with E-state index in [1.165, 1.54) is 0 Å². The fraction of sp³-hybridized carbons (Fsp3) is 0.550. The van der Waals surface area contributed by atoms with Crippen LogP contribution in [0.15, 0.2) is 30.3 Å².